The maximum atomic E-state index is 10.0. The number of carbonyl (C=O) groups excluding carboxylic acids is 2. The third-order valence-electron chi connectivity index (χ3n) is 0.888. The molecule has 0 atom stereocenters. The molecule has 0 aliphatic carbocycles. The molecule has 0 aliphatic rings. The second-order valence-electron chi connectivity index (χ2n) is 2.21. The van der Waals surface area contributed by atoms with Crippen LogP contribution in [0, 0.1) is 0 Å². The highest BCUT2D eigenvalue weighted by Gasteiger charge is 1.82. The fourth-order valence-electron chi connectivity index (χ4n) is 0.427. The first-order chi connectivity index (χ1) is 6.54. The van der Waals surface area contributed by atoms with Gasteiger partial charge in [-0.3, -0.25) is 9.59 Å². The lowest BCUT2D eigenvalue weighted by Gasteiger charge is -1.89. The van der Waals surface area contributed by atoms with Crippen molar-refractivity contribution in [2.24, 2.45) is 5.11 Å². The molecule has 0 aromatic carbocycles. The van der Waals surface area contributed by atoms with Crippen LogP contribution in [0.15, 0.2) is 5.11 Å². The van der Waals surface area contributed by atoms with E-state index in [1.54, 1.807) is 0 Å². The van der Waals surface area contributed by atoms with Crippen LogP contribution in [-0.4, -0.2) is 25.0 Å². The Labute approximate surface area is 82.5 Å². The maximum absolute atomic E-state index is 10.0. The van der Waals surface area contributed by atoms with E-state index in [1.165, 1.54) is 13.8 Å². The standard InChI is InChI=1S/C4H9NO.C3H6N4O/c1-3-5-4(2)6;1-3(8)5-2-6-7-4/h3H2,1-2H3,(H,5,6);2H2,1H3,(H,5,8). The van der Waals surface area contributed by atoms with Gasteiger partial charge in [0.25, 0.3) is 0 Å². The second kappa shape index (κ2) is 11.2. The summed E-state index contributed by atoms with van der Waals surface area (Å²) in [6.07, 6.45) is 0. The van der Waals surface area contributed by atoms with Crippen molar-refractivity contribution in [1.29, 1.82) is 0 Å². The van der Waals surface area contributed by atoms with Gasteiger partial charge in [0.1, 0.15) is 0 Å². The predicted octanol–water partition coefficient (Wildman–Crippen LogP) is 0.533. The Hall–Kier alpha value is -1.75. The quantitative estimate of drug-likeness (QED) is 0.394. The van der Waals surface area contributed by atoms with Crippen molar-refractivity contribution in [2.45, 2.75) is 20.8 Å². The van der Waals surface area contributed by atoms with Crippen LogP contribution in [0.3, 0.4) is 0 Å². The van der Waals surface area contributed by atoms with Crippen molar-refractivity contribution < 1.29 is 9.59 Å². The molecule has 80 valence electrons. The summed E-state index contributed by atoms with van der Waals surface area (Å²) in [7, 11) is 0. The van der Waals surface area contributed by atoms with Gasteiger partial charge >= 0.3 is 0 Å². The average Bonchev–Trinajstić information content (AvgIpc) is 2.05. The number of carbonyl (C=O) groups is 2. The third kappa shape index (κ3) is 22.5. The summed E-state index contributed by atoms with van der Waals surface area (Å²) >= 11 is 0. The molecular formula is C7H15N5O2. The molecule has 0 aromatic heterocycles. The fraction of sp³-hybridized carbons (Fsp3) is 0.714. The summed E-state index contributed by atoms with van der Waals surface area (Å²) in [4.78, 5) is 22.4. The lowest BCUT2D eigenvalue weighted by Crippen LogP contribution is -2.18. The number of hydrogen-bond donors (Lipinski definition) is 2. The van der Waals surface area contributed by atoms with Crippen LogP contribution in [-0.2, 0) is 9.59 Å². The summed E-state index contributed by atoms with van der Waals surface area (Å²) in [5, 5.41) is 7.92. The highest BCUT2D eigenvalue weighted by atomic mass is 16.2. The Morgan fingerprint density at radius 1 is 1.29 bits per heavy atom. The van der Waals surface area contributed by atoms with Gasteiger partial charge in [-0.15, -0.1) is 0 Å². The number of rotatable bonds is 3. The van der Waals surface area contributed by atoms with Crippen LogP contribution in [0.4, 0.5) is 0 Å². The Balaban J connectivity index is 0. The molecule has 0 spiro atoms. The van der Waals surface area contributed by atoms with Crippen molar-refractivity contribution in [3.8, 4) is 0 Å². The smallest absolute Gasteiger partial charge is 0.216 e. The molecular weight excluding hydrogens is 186 g/mol. The van der Waals surface area contributed by atoms with E-state index in [2.05, 4.69) is 20.7 Å². The Morgan fingerprint density at radius 3 is 2.00 bits per heavy atom. The van der Waals surface area contributed by atoms with Crippen LogP contribution in [0.5, 0.6) is 0 Å². The van der Waals surface area contributed by atoms with Crippen LogP contribution < -0.4 is 10.6 Å². The number of nitrogens with zero attached hydrogens (tertiary/aromatic N) is 3. The zero-order valence-corrected chi connectivity index (χ0v) is 8.57. The minimum absolute atomic E-state index is 0.0336. The van der Waals surface area contributed by atoms with E-state index < -0.39 is 0 Å². The molecule has 2 N–H and O–H groups in total. The van der Waals surface area contributed by atoms with Crippen molar-refractivity contribution in [3.05, 3.63) is 10.4 Å². The monoisotopic (exact) mass is 201 g/mol. The van der Waals surface area contributed by atoms with E-state index in [-0.39, 0.29) is 18.5 Å². The van der Waals surface area contributed by atoms with E-state index in [4.69, 9.17) is 5.53 Å². The second-order valence-corrected chi connectivity index (χ2v) is 2.21. The van der Waals surface area contributed by atoms with Crippen molar-refractivity contribution in [1.82, 2.24) is 10.6 Å². The lowest BCUT2D eigenvalue weighted by molar-refractivity contribution is -0.119. The van der Waals surface area contributed by atoms with Crippen molar-refractivity contribution >= 4 is 11.8 Å². The lowest BCUT2D eigenvalue weighted by atomic mass is 10.6. The maximum Gasteiger partial charge on any atom is 0.216 e. The number of hydrogen-bond acceptors (Lipinski definition) is 3. The molecule has 0 saturated carbocycles. The third-order valence-corrected chi connectivity index (χ3v) is 0.888. The van der Waals surface area contributed by atoms with Crippen molar-refractivity contribution in [2.75, 3.05) is 13.2 Å². The van der Waals surface area contributed by atoms with Crippen molar-refractivity contribution in [3.63, 3.8) is 0 Å². The SMILES string of the molecule is CC(=O)NCN=[N+]=[N-].CCNC(C)=O. The van der Waals surface area contributed by atoms with E-state index in [0.717, 1.165) is 6.54 Å². The number of nitrogens with one attached hydrogen (secondary N) is 2. The first kappa shape index (κ1) is 14.8. The Morgan fingerprint density at radius 2 is 1.79 bits per heavy atom. The van der Waals surface area contributed by atoms with Gasteiger partial charge in [0, 0.05) is 25.3 Å². The highest BCUT2D eigenvalue weighted by Crippen LogP contribution is 1.64. The highest BCUT2D eigenvalue weighted by molar-refractivity contribution is 5.72. The van der Waals surface area contributed by atoms with Gasteiger partial charge < -0.3 is 10.6 Å². The van der Waals surface area contributed by atoms with E-state index in [9.17, 15) is 9.59 Å². The molecule has 0 unspecified atom stereocenters. The van der Waals surface area contributed by atoms with Crippen LogP contribution >= 0.6 is 0 Å². The molecule has 0 aliphatic heterocycles. The zero-order chi connectivity index (χ0) is 11.4. The van der Waals surface area contributed by atoms with Crippen LogP contribution in [0.25, 0.3) is 10.4 Å². The summed E-state index contributed by atoms with van der Waals surface area (Å²) < 4.78 is 0. The topological polar surface area (TPSA) is 107 Å². The molecule has 0 fully saturated rings. The number of amides is 2. The molecule has 14 heavy (non-hydrogen) atoms. The summed E-state index contributed by atoms with van der Waals surface area (Å²) in [6, 6.07) is 0. The fourth-order valence-corrected chi connectivity index (χ4v) is 0.427. The van der Waals surface area contributed by atoms with Crippen LogP contribution in [0.1, 0.15) is 20.8 Å². The predicted molar refractivity (Wildman–Crippen MR) is 52.2 cm³/mol. The molecule has 0 saturated heterocycles. The van der Waals surface area contributed by atoms with E-state index in [1.807, 2.05) is 6.92 Å². The summed E-state index contributed by atoms with van der Waals surface area (Å²) in [5.41, 5.74) is 7.69. The molecule has 7 heteroatoms. The number of azide groups is 1. The van der Waals surface area contributed by atoms with Gasteiger partial charge in [0.05, 0.1) is 6.67 Å². The Bertz CT molecular complexity index is 220. The van der Waals surface area contributed by atoms with Crippen LogP contribution in [0.2, 0.25) is 0 Å². The van der Waals surface area contributed by atoms with Gasteiger partial charge in [-0.25, -0.2) is 0 Å². The van der Waals surface area contributed by atoms with E-state index in [0.29, 0.717) is 0 Å². The minimum atomic E-state index is -0.197. The molecule has 2 amide bonds. The van der Waals surface area contributed by atoms with Gasteiger partial charge in [-0.2, -0.15) is 0 Å². The van der Waals surface area contributed by atoms with Gasteiger partial charge in [-0.05, 0) is 12.5 Å². The van der Waals surface area contributed by atoms with Gasteiger partial charge in [-0.1, -0.05) is 5.11 Å². The molecule has 0 aromatic rings. The molecule has 7 nitrogen and oxygen atoms in total. The van der Waals surface area contributed by atoms with Gasteiger partial charge in [0.2, 0.25) is 11.8 Å². The Kier molecular flexibility index (Phi) is 11.9. The molecule has 0 radical (unpaired) electrons. The first-order valence-corrected chi connectivity index (χ1v) is 4.04. The van der Waals surface area contributed by atoms with E-state index >= 15 is 0 Å². The summed E-state index contributed by atoms with van der Waals surface area (Å²) in [5.74, 6) is -0.157. The molecule has 0 heterocycles. The largest absolute Gasteiger partial charge is 0.357 e. The summed E-state index contributed by atoms with van der Waals surface area (Å²) in [6.45, 7) is 5.51. The normalized spacial score (nSPS) is 7.36. The average molecular weight is 201 g/mol. The molecule has 0 bridgehead atoms. The molecule has 0 rings (SSSR count). The van der Waals surface area contributed by atoms with Gasteiger partial charge in [0.15, 0.2) is 0 Å². The first-order valence-electron chi connectivity index (χ1n) is 4.04. The zero-order valence-electron chi connectivity index (χ0n) is 8.57. The minimum Gasteiger partial charge on any atom is -0.357 e.